The lowest BCUT2D eigenvalue weighted by molar-refractivity contribution is -0.174. The number of hydrogen-bond acceptors (Lipinski definition) is 4. The molecule has 0 fully saturated rings. The molecular weight excluding hydrogens is 175 g/mol. The first-order chi connectivity index (χ1) is 4.73. The SMILES string of the molecule is CCC(O)C(O)(O)P(=O)(O)O. The number of aliphatic hydroxyl groups excluding tert-OH is 1. The average molecular weight is 186 g/mol. The number of aliphatic hydroxyl groups is 3. The minimum atomic E-state index is -5.08. The standard InChI is InChI=1S/C4H11O6P/c1-2-3(5)4(6,7)11(8,9)10/h3,5-7H,2H2,1H3,(H2,8,9,10). The van der Waals surface area contributed by atoms with Crippen LogP contribution in [0.25, 0.3) is 0 Å². The summed E-state index contributed by atoms with van der Waals surface area (Å²) in [6.45, 7) is 1.36. The van der Waals surface area contributed by atoms with Crippen LogP contribution in [0.1, 0.15) is 13.3 Å². The largest absolute Gasteiger partial charge is 0.387 e. The maximum atomic E-state index is 10.3. The normalized spacial score (nSPS) is 16.5. The highest BCUT2D eigenvalue weighted by atomic mass is 31.2. The topological polar surface area (TPSA) is 118 Å². The first-order valence-corrected chi connectivity index (χ1v) is 4.53. The maximum absolute atomic E-state index is 10.3. The summed E-state index contributed by atoms with van der Waals surface area (Å²) in [6, 6.07) is 0. The van der Waals surface area contributed by atoms with Crippen molar-refractivity contribution in [1.82, 2.24) is 0 Å². The van der Waals surface area contributed by atoms with Crippen LogP contribution >= 0.6 is 7.60 Å². The Hall–Kier alpha value is 0.0300. The van der Waals surface area contributed by atoms with Gasteiger partial charge in [-0.1, -0.05) is 6.92 Å². The lowest BCUT2D eigenvalue weighted by atomic mass is 10.3. The molecule has 0 aromatic carbocycles. The Bertz CT molecular complexity index is 171. The van der Waals surface area contributed by atoms with Crippen molar-refractivity contribution in [3.8, 4) is 0 Å². The Morgan fingerprint density at radius 2 is 1.82 bits per heavy atom. The summed E-state index contributed by atoms with van der Waals surface area (Å²) in [5, 5.41) is 26.1. The number of rotatable bonds is 3. The third-order valence-electron chi connectivity index (χ3n) is 1.26. The van der Waals surface area contributed by atoms with Gasteiger partial charge in [-0.3, -0.25) is 4.57 Å². The van der Waals surface area contributed by atoms with E-state index in [-0.39, 0.29) is 6.42 Å². The quantitative estimate of drug-likeness (QED) is 0.272. The Morgan fingerprint density at radius 1 is 1.45 bits per heavy atom. The highest BCUT2D eigenvalue weighted by Gasteiger charge is 2.49. The molecule has 0 aliphatic heterocycles. The van der Waals surface area contributed by atoms with Crippen LogP contribution in [-0.4, -0.2) is 36.7 Å². The predicted molar refractivity (Wildman–Crippen MR) is 35.5 cm³/mol. The third-order valence-corrected chi connectivity index (χ3v) is 2.42. The fourth-order valence-corrected chi connectivity index (χ4v) is 1.04. The summed E-state index contributed by atoms with van der Waals surface area (Å²) in [5.74, 6) is 0. The van der Waals surface area contributed by atoms with Gasteiger partial charge in [-0.05, 0) is 6.42 Å². The first-order valence-electron chi connectivity index (χ1n) is 2.92. The van der Waals surface area contributed by atoms with Crippen molar-refractivity contribution in [2.24, 2.45) is 0 Å². The van der Waals surface area contributed by atoms with Crippen LogP contribution in [-0.2, 0) is 4.57 Å². The molecule has 0 aromatic heterocycles. The van der Waals surface area contributed by atoms with Crippen molar-refractivity contribution in [2.45, 2.75) is 25.0 Å². The highest BCUT2D eigenvalue weighted by Crippen LogP contribution is 2.49. The first kappa shape index (κ1) is 11.0. The van der Waals surface area contributed by atoms with Gasteiger partial charge in [0.1, 0.15) is 6.10 Å². The molecule has 0 bridgehead atoms. The molecule has 0 aliphatic rings. The van der Waals surface area contributed by atoms with E-state index in [0.29, 0.717) is 0 Å². The van der Waals surface area contributed by atoms with Crippen LogP contribution in [0.3, 0.4) is 0 Å². The van der Waals surface area contributed by atoms with E-state index in [9.17, 15) is 4.57 Å². The Balaban J connectivity index is 4.59. The van der Waals surface area contributed by atoms with E-state index in [1.54, 1.807) is 0 Å². The second-order valence-electron chi connectivity index (χ2n) is 2.16. The molecular formula is C4H11O6P. The zero-order valence-electron chi connectivity index (χ0n) is 5.88. The van der Waals surface area contributed by atoms with Crippen molar-refractivity contribution in [2.75, 3.05) is 0 Å². The van der Waals surface area contributed by atoms with Gasteiger partial charge in [0, 0.05) is 0 Å². The van der Waals surface area contributed by atoms with E-state index in [0.717, 1.165) is 0 Å². The van der Waals surface area contributed by atoms with Gasteiger partial charge >= 0.3 is 7.60 Å². The van der Waals surface area contributed by atoms with Crippen molar-refractivity contribution in [3.63, 3.8) is 0 Å². The second-order valence-corrected chi connectivity index (χ2v) is 3.90. The van der Waals surface area contributed by atoms with Crippen molar-refractivity contribution in [1.29, 1.82) is 0 Å². The van der Waals surface area contributed by atoms with Crippen molar-refractivity contribution in [3.05, 3.63) is 0 Å². The predicted octanol–water partition coefficient (Wildman–Crippen LogP) is -1.43. The Labute approximate surface area is 63.3 Å². The summed E-state index contributed by atoms with van der Waals surface area (Å²) in [7, 11) is -5.08. The Morgan fingerprint density at radius 3 is 1.91 bits per heavy atom. The van der Waals surface area contributed by atoms with Crippen LogP contribution in [0.2, 0.25) is 0 Å². The summed E-state index contributed by atoms with van der Waals surface area (Å²) in [5.41, 5.74) is -3.33. The van der Waals surface area contributed by atoms with Gasteiger partial charge in [0.05, 0.1) is 0 Å². The molecule has 1 atom stereocenters. The monoisotopic (exact) mass is 186 g/mol. The zero-order chi connectivity index (χ0) is 9.28. The summed E-state index contributed by atoms with van der Waals surface area (Å²) in [6.07, 6.45) is -2.00. The van der Waals surface area contributed by atoms with E-state index >= 15 is 0 Å². The van der Waals surface area contributed by atoms with Crippen LogP contribution in [0, 0.1) is 0 Å². The lowest BCUT2D eigenvalue weighted by Crippen LogP contribution is -2.41. The van der Waals surface area contributed by atoms with Crippen LogP contribution < -0.4 is 0 Å². The van der Waals surface area contributed by atoms with E-state index < -0.39 is 19.2 Å². The molecule has 1 unspecified atom stereocenters. The smallest absolute Gasteiger partial charge is 0.387 e. The van der Waals surface area contributed by atoms with E-state index in [1.165, 1.54) is 6.92 Å². The summed E-state index contributed by atoms with van der Waals surface area (Å²) < 4.78 is 10.3. The van der Waals surface area contributed by atoms with E-state index in [2.05, 4.69) is 0 Å². The molecule has 5 N–H and O–H groups in total. The second kappa shape index (κ2) is 3.18. The van der Waals surface area contributed by atoms with Gasteiger partial charge in [0.25, 0.3) is 5.53 Å². The molecule has 0 aliphatic carbocycles. The fraction of sp³-hybridized carbons (Fsp3) is 1.00. The van der Waals surface area contributed by atoms with Gasteiger partial charge in [0.15, 0.2) is 0 Å². The molecule has 0 aromatic rings. The van der Waals surface area contributed by atoms with Crippen molar-refractivity contribution >= 4 is 7.60 Å². The van der Waals surface area contributed by atoms with Gasteiger partial charge in [-0.25, -0.2) is 0 Å². The number of hydrogen-bond donors (Lipinski definition) is 5. The molecule has 0 radical (unpaired) electrons. The van der Waals surface area contributed by atoms with Crippen LogP contribution in [0.4, 0.5) is 0 Å². The van der Waals surface area contributed by atoms with E-state index in [1.807, 2.05) is 0 Å². The van der Waals surface area contributed by atoms with Crippen molar-refractivity contribution < 1.29 is 29.7 Å². The van der Waals surface area contributed by atoms with Gasteiger partial charge in [-0.15, -0.1) is 0 Å². The van der Waals surface area contributed by atoms with Crippen LogP contribution in [0.5, 0.6) is 0 Å². The maximum Gasteiger partial charge on any atom is 0.387 e. The minimum absolute atomic E-state index is 0.155. The highest BCUT2D eigenvalue weighted by molar-refractivity contribution is 7.53. The molecule has 68 valence electrons. The molecule has 0 saturated heterocycles. The van der Waals surface area contributed by atoms with E-state index in [4.69, 9.17) is 25.1 Å². The molecule has 0 heterocycles. The van der Waals surface area contributed by atoms with Crippen LogP contribution in [0.15, 0.2) is 0 Å². The molecule has 7 heteroatoms. The molecule has 11 heavy (non-hydrogen) atoms. The summed E-state index contributed by atoms with van der Waals surface area (Å²) >= 11 is 0. The lowest BCUT2D eigenvalue weighted by Gasteiger charge is -2.26. The van der Waals surface area contributed by atoms with Gasteiger partial charge < -0.3 is 25.1 Å². The minimum Gasteiger partial charge on any atom is -0.387 e. The Kier molecular flexibility index (Phi) is 3.19. The average Bonchev–Trinajstić information content (AvgIpc) is 1.83. The van der Waals surface area contributed by atoms with Gasteiger partial charge in [0.2, 0.25) is 0 Å². The molecule has 0 spiro atoms. The molecule has 0 amide bonds. The zero-order valence-corrected chi connectivity index (χ0v) is 6.77. The molecule has 0 saturated carbocycles. The molecule has 6 nitrogen and oxygen atoms in total. The fourth-order valence-electron chi connectivity index (χ4n) is 0.468. The third kappa shape index (κ3) is 2.23. The molecule has 0 rings (SSSR count). The summed E-state index contributed by atoms with van der Waals surface area (Å²) in [4.78, 5) is 16.6. The van der Waals surface area contributed by atoms with Gasteiger partial charge in [-0.2, -0.15) is 0 Å².